The summed E-state index contributed by atoms with van der Waals surface area (Å²) in [6, 6.07) is 17.3. The molecule has 1 N–H and O–H groups in total. The summed E-state index contributed by atoms with van der Waals surface area (Å²) in [7, 11) is 1.37. The number of hydrogen-bond acceptors (Lipinski definition) is 5. The van der Waals surface area contributed by atoms with Crippen LogP contribution in [-0.2, 0) is 20.7 Å². The van der Waals surface area contributed by atoms with Crippen LogP contribution >= 0.6 is 27.5 Å². The number of aliphatic hydroxyl groups is 1. The van der Waals surface area contributed by atoms with Gasteiger partial charge in [-0.15, -0.1) is 0 Å². The van der Waals surface area contributed by atoms with Crippen molar-refractivity contribution in [1.82, 2.24) is 4.98 Å². The third-order valence-electron chi connectivity index (χ3n) is 6.98. The van der Waals surface area contributed by atoms with E-state index in [1.165, 1.54) is 13.3 Å². The Labute approximate surface area is 199 Å². The molecule has 164 valence electrons. The monoisotopic (exact) mass is 513 g/mol. The van der Waals surface area contributed by atoms with Crippen molar-refractivity contribution in [2.75, 3.05) is 7.11 Å². The number of fused-ring (bicyclic) bond motifs is 3. The van der Waals surface area contributed by atoms with Crippen LogP contribution in [0, 0.1) is 11.8 Å². The number of methoxy groups -OCH3 is 1. The van der Waals surface area contributed by atoms with E-state index in [-0.39, 0.29) is 0 Å². The average molecular weight is 515 g/mol. The molecule has 0 saturated heterocycles. The van der Waals surface area contributed by atoms with Gasteiger partial charge in [-0.05, 0) is 23.3 Å². The lowest BCUT2D eigenvalue weighted by Crippen LogP contribution is -2.50. The van der Waals surface area contributed by atoms with Gasteiger partial charge in [-0.3, -0.25) is 9.78 Å². The van der Waals surface area contributed by atoms with Gasteiger partial charge < -0.3 is 14.6 Å². The molecule has 0 bridgehead atoms. The van der Waals surface area contributed by atoms with Gasteiger partial charge in [-0.2, -0.15) is 0 Å². The van der Waals surface area contributed by atoms with Crippen LogP contribution in [0.3, 0.4) is 0 Å². The molecule has 0 amide bonds. The van der Waals surface area contributed by atoms with Crippen molar-refractivity contribution in [1.29, 1.82) is 0 Å². The highest BCUT2D eigenvalue weighted by atomic mass is 79.9. The lowest BCUT2D eigenvalue weighted by Gasteiger charge is -2.41. The molecule has 1 fully saturated rings. The fourth-order valence-electron chi connectivity index (χ4n) is 5.70. The van der Waals surface area contributed by atoms with Crippen LogP contribution in [0.25, 0.3) is 0 Å². The average Bonchev–Trinajstić information content (AvgIpc) is 3.18. The fraction of sp³-hybridized carbons (Fsp3) is 0.280. The molecule has 5 nitrogen and oxygen atoms in total. The van der Waals surface area contributed by atoms with Gasteiger partial charge >= 0.3 is 5.97 Å². The van der Waals surface area contributed by atoms with Gasteiger partial charge in [-0.1, -0.05) is 76.9 Å². The number of ether oxygens (including phenoxy) is 2. The Morgan fingerprint density at radius 1 is 1.16 bits per heavy atom. The molecule has 1 aliphatic carbocycles. The zero-order valence-electron chi connectivity index (χ0n) is 17.5. The molecule has 2 aromatic carbocycles. The van der Waals surface area contributed by atoms with Crippen LogP contribution in [0.1, 0.15) is 29.5 Å². The van der Waals surface area contributed by atoms with Crippen LogP contribution in [0.2, 0.25) is 5.02 Å². The van der Waals surface area contributed by atoms with E-state index in [0.717, 1.165) is 15.6 Å². The van der Waals surface area contributed by atoms with Gasteiger partial charge in [0.15, 0.2) is 5.60 Å². The highest BCUT2D eigenvalue weighted by Crippen LogP contribution is 2.71. The third-order valence-corrected chi connectivity index (χ3v) is 7.80. The molecule has 32 heavy (non-hydrogen) atoms. The van der Waals surface area contributed by atoms with E-state index in [2.05, 4.69) is 20.9 Å². The fourth-order valence-corrected chi connectivity index (χ4v) is 6.26. The smallest absolute Gasteiger partial charge is 0.309 e. The molecular formula is C25H21BrClNO4. The Balaban J connectivity index is 1.89. The van der Waals surface area contributed by atoms with Crippen LogP contribution in [-0.4, -0.2) is 23.2 Å². The SMILES string of the molecule is COC(=O)[C@H]1[C@@H](C)[C@@]2(O)c3c(Cl)cncc3O[C@@]2(c2ccc(Br)cc2)[C@@H]1c1ccccc1. The summed E-state index contributed by atoms with van der Waals surface area (Å²) in [4.78, 5) is 17.3. The summed E-state index contributed by atoms with van der Waals surface area (Å²) >= 11 is 10.1. The van der Waals surface area contributed by atoms with E-state index in [1.807, 2.05) is 61.5 Å². The van der Waals surface area contributed by atoms with Crippen molar-refractivity contribution in [2.45, 2.75) is 24.0 Å². The van der Waals surface area contributed by atoms with E-state index >= 15 is 0 Å². The zero-order chi connectivity index (χ0) is 22.7. The van der Waals surface area contributed by atoms with Crippen molar-refractivity contribution >= 4 is 33.5 Å². The largest absolute Gasteiger partial charge is 0.476 e. The molecule has 3 aromatic rings. The third kappa shape index (κ3) is 2.66. The first kappa shape index (κ1) is 21.4. The molecule has 2 heterocycles. The number of carbonyl (C=O) groups is 1. The second-order valence-electron chi connectivity index (χ2n) is 8.33. The minimum Gasteiger partial charge on any atom is -0.476 e. The molecule has 0 radical (unpaired) electrons. The Morgan fingerprint density at radius 2 is 1.84 bits per heavy atom. The quantitative estimate of drug-likeness (QED) is 0.487. The van der Waals surface area contributed by atoms with Crippen molar-refractivity contribution in [3.8, 4) is 5.75 Å². The normalized spacial score (nSPS) is 30.3. The summed E-state index contributed by atoms with van der Waals surface area (Å²) in [6.45, 7) is 1.85. The number of nitrogens with zero attached hydrogens (tertiary/aromatic N) is 1. The number of rotatable bonds is 3. The van der Waals surface area contributed by atoms with Crippen molar-refractivity contribution < 1.29 is 19.4 Å². The molecule has 1 aliphatic heterocycles. The van der Waals surface area contributed by atoms with Crippen LogP contribution in [0.5, 0.6) is 5.75 Å². The predicted octanol–water partition coefficient (Wildman–Crippen LogP) is 5.20. The Morgan fingerprint density at radius 3 is 2.50 bits per heavy atom. The number of halogens is 2. The van der Waals surface area contributed by atoms with Gasteiger partial charge in [0, 0.05) is 22.5 Å². The van der Waals surface area contributed by atoms with Crippen LogP contribution in [0.4, 0.5) is 0 Å². The molecule has 1 saturated carbocycles. The summed E-state index contributed by atoms with van der Waals surface area (Å²) in [5, 5.41) is 12.9. The summed E-state index contributed by atoms with van der Waals surface area (Å²) < 4.78 is 12.8. The number of carbonyl (C=O) groups excluding carboxylic acids is 1. The predicted molar refractivity (Wildman–Crippen MR) is 123 cm³/mol. The van der Waals surface area contributed by atoms with Crippen molar-refractivity contribution in [2.24, 2.45) is 11.8 Å². The minimum atomic E-state index is -1.60. The number of esters is 1. The molecule has 0 unspecified atom stereocenters. The van der Waals surface area contributed by atoms with E-state index in [4.69, 9.17) is 21.1 Å². The molecule has 7 heteroatoms. The molecule has 5 atom stereocenters. The maximum atomic E-state index is 13.2. The number of benzene rings is 2. The molecular weight excluding hydrogens is 494 g/mol. The first-order valence-corrected chi connectivity index (χ1v) is 11.5. The summed E-state index contributed by atoms with van der Waals surface area (Å²) in [6.07, 6.45) is 3.06. The second-order valence-corrected chi connectivity index (χ2v) is 9.65. The maximum absolute atomic E-state index is 13.2. The van der Waals surface area contributed by atoms with Crippen LogP contribution in [0.15, 0.2) is 71.5 Å². The lowest BCUT2D eigenvalue weighted by molar-refractivity contribution is -0.149. The Bertz CT molecular complexity index is 1190. The lowest BCUT2D eigenvalue weighted by atomic mass is 9.70. The van der Waals surface area contributed by atoms with Gasteiger partial charge in [0.2, 0.25) is 0 Å². The standard InChI is InChI=1S/C25H21BrClNO4/c1-14-20(23(29)31-2)21(15-6-4-3-5-7-15)25(16-8-10-17(26)11-9-16)24(14,30)22-18(27)12-28-13-19(22)32-25/h3-14,20-21,30H,1-2H3/t14-,20+,21-,24-,25+/m1/s1. The van der Waals surface area contributed by atoms with Gasteiger partial charge in [-0.25, -0.2) is 0 Å². The first-order chi connectivity index (χ1) is 15.4. The summed E-state index contributed by atoms with van der Waals surface area (Å²) in [5.74, 6) is -1.76. The van der Waals surface area contributed by atoms with E-state index < -0.39 is 34.9 Å². The zero-order valence-corrected chi connectivity index (χ0v) is 19.8. The van der Waals surface area contributed by atoms with Gasteiger partial charge in [0.1, 0.15) is 11.4 Å². The number of aromatic nitrogens is 1. The van der Waals surface area contributed by atoms with E-state index in [1.54, 1.807) is 6.20 Å². The minimum absolute atomic E-state index is 0.299. The highest BCUT2D eigenvalue weighted by Gasteiger charge is 2.76. The van der Waals surface area contributed by atoms with Gasteiger partial charge in [0.25, 0.3) is 0 Å². The second kappa shape index (κ2) is 7.58. The Hall–Kier alpha value is -2.41. The summed E-state index contributed by atoms with van der Waals surface area (Å²) in [5.41, 5.74) is -0.859. The van der Waals surface area contributed by atoms with Crippen molar-refractivity contribution in [3.63, 3.8) is 0 Å². The first-order valence-electron chi connectivity index (χ1n) is 10.3. The van der Waals surface area contributed by atoms with Crippen LogP contribution < -0.4 is 4.74 Å². The molecule has 1 aromatic heterocycles. The molecule has 0 spiro atoms. The molecule has 5 rings (SSSR count). The Kier molecular flexibility index (Phi) is 5.08. The molecule has 2 aliphatic rings. The number of hydrogen-bond donors (Lipinski definition) is 1. The highest BCUT2D eigenvalue weighted by molar-refractivity contribution is 9.10. The van der Waals surface area contributed by atoms with Gasteiger partial charge in [0.05, 0.1) is 29.8 Å². The maximum Gasteiger partial charge on any atom is 0.309 e. The topological polar surface area (TPSA) is 68.7 Å². The number of pyridine rings is 1. The van der Waals surface area contributed by atoms with E-state index in [0.29, 0.717) is 16.3 Å². The van der Waals surface area contributed by atoms with E-state index in [9.17, 15) is 9.90 Å². The van der Waals surface area contributed by atoms with Crippen molar-refractivity contribution in [3.05, 3.63) is 93.2 Å².